The maximum absolute atomic E-state index is 13.9. The summed E-state index contributed by atoms with van der Waals surface area (Å²) in [6.07, 6.45) is 1.84. The van der Waals surface area contributed by atoms with Crippen molar-refractivity contribution in [3.8, 4) is 11.1 Å². The summed E-state index contributed by atoms with van der Waals surface area (Å²) in [7, 11) is 0. The summed E-state index contributed by atoms with van der Waals surface area (Å²) in [5, 5.41) is 14.0. The first-order valence-electron chi connectivity index (χ1n) is 16.7. The van der Waals surface area contributed by atoms with Gasteiger partial charge in [-0.15, -0.1) is 0 Å². The molecule has 4 aromatic rings. The maximum Gasteiger partial charge on any atom is 0.331 e. The number of amides is 3. The monoisotopic (exact) mass is 663 g/mol. The first kappa shape index (κ1) is 33.6. The van der Waals surface area contributed by atoms with Gasteiger partial charge in [0.25, 0.3) is 5.56 Å². The molecule has 49 heavy (non-hydrogen) atoms. The van der Waals surface area contributed by atoms with Crippen molar-refractivity contribution in [2.24, 2.45) is 0 Å². The molecular weight excluding hydrogens is 622 g/mol. The van der Waals surface area contributed by atoms with E-state index in [0.717, 1.165) is 22.2 Å². The summed E-state index contributed by atoms with van der Waals surface area (Å²) in [6, 6.07) is 20.6. The highest BCUT2D eigenvalue weighted by molar-refractivity contribution is 6.05. The van der Waals surface area contributed by atoms with E-state index in [4.69, 9.17) is 0 Å². The molecule has 2 N–H and O–H groups in total. The Hall–Kier alpha value is -5.29. The number of anilines is 1. The van der Waals surface area contributed by atoms with Gasteiger partial charge in [-0.25, -0.2) is 9.59 Å². The summed E-state index contributed by atoms with van der Waals surface area (Å²) < 4.78 is 2.33. The highest BCUT2D eigenvalue weighted by Gasteiger charge is 2.32. The zero-order valence-corrected chi connectivity index (χ0v) is 28.0. The molecule has 1 fully saturated rings. The van der Waals surface area contributed by atoms with Crippen molar-refractivity contribution < 1.29 is 19.5 Å². The average molecular weight is 664 g/mol. The Morgan fingerprint density at radius 3 is 2.31 bits per heavy atom. The van der Waals surface area contributed by atoms with Crippen LogP contribution in [0.2, 0.25) is 0 Å². The lowest BCUT2D eigenvalue weighted by Gasteiger charge is -2.38. The van der Waals surface area contributed by atoms with E-state index in [0.29, 0.717) is 49.2 Å². The summed E-state index contributed by atoms with van der Waals surface area (Å²) >= 11 is 0. The molecule has 3 aromatic carbocycles. The first-order valence-corrected chi connectivity index (χ1v) is 16.7. The van der Waals surface area contributed by atoms with Crippen LogP contribution in [-0.2, 0) is 17.8 Å². The normalized spacial score (nSPS) is 15.8. The third-order valence-corrected chi connectivity index (χ3v) is 9.58. The molecule has 2 aliphatic heterocycles. The fourth-order valence-electron chi connectivity index (χ4n) is 6.94. The number of benzene rings is 3. The zero-order valence-electron chi connectivity index (χ0n) is 28.0. The molecule has 1 saturated heterocycles. The highest BCUT2D eigenvalue weighted by atomic mass is 16.3. The lowest BCUT2D eigenvalue weighted by Crippen LogP contribution is -2.51. The molecule has 0 bridgehead atoms. The number of nitrogens with zero attached hydrogens (tertiary/aromatic N) is 4. The van der Waals surface area contributed by atoms with Crippen LogP contribution in [0.1, 0.15) is 65.9 Å². The number of rotatable bonds is 8. The molecule has 0 aliphatic carbocycles. The zero-order chi connectivity index (χ0) is 34.8. The molecule has 1 aromatic heterocycles. The Bertz CT molecular complexity index is 2010. The largest absolute Gasteiger partial charge is 0.380 e. The Labute approximate surface area is 284 Å². The van der Waals surface area contributed by atoms with Crippen LogP contribution in [0.3, 0.4) is 0 Å². The van der Waals surface area contributed by atoms with Crippen molar-refractivity contribution >= 4 is 23.4 Å². The van der Waals surface area contributed by atoms with Crippen molar-refractivity contribution in [2.75, 3.05) is 25.0 Å². The second-order valence-electron chi connectivity index (χ2n) is 13.0. The number of fused-ring (bicyclic) bond motifs is 1. The lowest BCUT2D eigenvalue weighted by atomic mass is 9.90. The van der Waals surface area contributed by atoms with Crippen LogP contribution in [0.5, 0.6) is 0 Å². The van der Waals surface area contributed by atoms with Crippen molar-refractivity contribution in [3.05, 3.63) is 122 Å². The Morgan fingerprint density at radius 1 is 0.898 bits per heavy atom. The molecule has 11 heteroatoms. The molecule has 0 saturated carbocycles. The first-order chi connectivity index (χ1) is 23.5. The minimum Gasteiger partial charge on any atom is -0.380 e. The van der Waals surface area contributed by atoms with Crippen LogP contribution in [0.25, 0.3) is 11.1 Å². The number of Topliss-reactive ketones (excluding diaryl/α,β-unsaturated/α-hetero) is 1. The molecule has 2 aliphatic rings. The molecule has 1 unspecified atom stereocenters. The smallest absolute Gasteiger partial charge is 0.331 e. The number of piperidine rings is 1. The summed E-state index contributed by atoms with van der Waals surface area (Å²) in [5.74, 6) is -0.868. The van der Waals surface area contributed by atoms with Crippen molar-refractivity contribution in [3.63, 3.8) is 0 Å². The topological polar surface area (TPSA) is 134 Å². The molecule has 6 rings (SSSR count). The number of likely N-dealkylation sites (tertiary alicyclic amines) is 1. The number of para-hydroxylation sites is 1. The Kier molecular flexibility index (Phi) is 9.64. The highest BCUT2D eigenvalue weighted by Crippen LogP contribution is 2.30. The maximum atomic E-state index is 13.9. The number of hydrogen-bond acceptors (Lipinski definition) is 6. The number of nitrogens with one attached hydrogen (secondary N) is 1. The van der Waals surface area contributed by atoms with Gasteiger partial charge in [-0.2, -0.15) is 0 Å². The number of aryl methyl sites for hydroxylation is 1. The number of urea groups is 1. The van der Waals surface area contributed by atoms with Crippen LogP contribution in [0.15, 0.2) is 88.6 Å². The third kappa shape index (κ3) is 6.71. The molecule has 254 valence electrons. The number of ketones is 1. The summed E-state index contributed by atoms with van der Waals surface area (Å²) in [4.78, 5) is 71.5. The number of carbonyl (C=O) groups is 3. The molecule has 11 nitrogen and oxygen atoms in total. The van der Waals surface area contributed by atoms with Crippen molar-refractivity contribution in [2.45, 2.75) is 64.8 Å². The molecule has 0 spiro atoms. The van der Waals surface area contributed by atoms with Crippen LogP contribution in [-0.4, -0.2) is 67.4 Å². The molecule has 3 heterocycles. The average Bonchev–Trinajstić information content (AvgIpc) is 3.27. The van der Waals surface area contributed by atoms with E-state index >= 15 is 0 Å². The van der Waals surface area contributed by atoms with Crippen LogP contribution in [0.4, 0.5) is 10.5 Å². The second kappa shape index (κ2) is 14.1. The van der Waals surface area contributed by atoms with E-state index < -0.39 is 29.2 Å². The van der Waals surface area contributed by atoms with E-state index in [-0.39, 0.29) is 35.7 Å². The van der Waals surface area contributed by atoms with Gasteiger partial charge < -0.3 is 20.2 Å². The van der Waals surface area contributed by atoms with Gasteiger partial charge in [0.2, 0.25) is 5.91 Å². The number of hydrogen-bond donors (Lipinski definition) is 2. The number of carbonyl (C=O) groups excluding carboxylic acids is 3. The third-order valence-electron chi connectivity index (χ3n) is 9.58. The van der Waals surface area contributed by atoms with E-state index in [1.54, 1.807) is 74.2 Å². The minimum atomic E-state index is -1.46. The van der Waals surface area contributed by atoms with Crippen molar-refractivity contribution in [1.82, 2.24) is 18.9 Å². The van der Waals surface area contributed by atoms with Crippen LogP contribution in [0, 0.1) is 6.92 Å². The van der Waals surface area contributed by atoms with Crippen LogP contribution >= 0.6 is 0 Å². The summed E-state index contributed by atoms with van der Waals surface area (Å²) in [5.41, 5.74) is 2.27. The Balaban J connectivity index is 1.25. The fraction of sp³-hybridized carbons (Fsp3) is 0.342. The van der Waals surface area contributed by atoms with Gasteiger partial charge in [0.15, 0.2) is 5.78 Å². The van der Waals surface area contributed by atoms with E-state index in [9.17, 15) is 29.1 Å². The lowest BCUT2D eigenvalue weighted by molar-refractivity contribution is -0.133. The van der Waals surface area contributed by atoms with Gasteiger partial charge in [0, 0.05) is 54.7 Å². The summed E-state index contributed by atoms with van der Waals surface area (Å²) in [6.45, 7) is 6.30. The Morgan fingerprint density at radius 2 is 1.59 bits per heavy atom. The van der Waals surface area contributed by atoms with E-state index in [2.05, 4.69) is 5.32 Å². The van der Waals surface area contributed by atoms with E-state index in [1.165, 1.54) is 10.8 Å². The standard InChI is InChI=1S/C38H41N5O6/c1-24(2)43-36(47)30(33-25(3)10-9-14-29(33)35(46)34(45)27-12-5-4-6-13-27)22-41(38(43)49)23-32(44)40-19-17-28(18-20-40)42-21-16-26-11-7-8-15-31(26)39-37(42)48/h4-15,22,24,28,34,45H,16-21,23H2,1-3H3,(H,39,48). The van der Waals surface area contributed by atoms with Gasteiger partial charge >= 0.3 is 11.7 Å². The van der Waals surface area contributed by atoms with Gasteiger partial charge in [0.05, 0.1) is 5.56 Å². The molecule has 1 atom stereocenters. The predicted octanol–water partition coefficient (Wildman–Crippen LogP) is 4.56. The second-order valence-corrected chi connectivity index (χ2v) is 13.0. The van der Waals surface area contributed by atoms with E-state index in [1.807, 2.05) is 29.2 Å². The van der Waals surface area contributed by atoms with Gasteiger partial charge in [-0.05, 0) is 62.8 Å². The van der Waals surface area contributed by atoms with Gasteiger partial charge in [-0.3, -0.25) is 23.5 Å². The quantitative estimate of drug-likeness (QED) is 0.266. The van der Waals surface area contributed by atoms with Crippen molar-refractivity contribution in [1.29, 1.82) is 0 Å². The fourth-order valence-corrected chi connectivity index (χ4v) is 6.94. The van der Waals surface area contributed by atoms with Crippen LogP contribution < -0.4 is 16.6 Å². The molecular formula is C38H41N5O6. The minimum absolute atomic E-state index is 0.0289. The predicted molar refractivity (Wildman–Crippen MR) is 187 cm³/mol. The molecule has 3 amide bonds. The SMILES string of the molecule is Cc1cccc(C(=O)C(O)c2ccccc2)c1-c1cn(CC(=O)N2CCC(N3CCc4ccccc4NC3=O)CC2)c(=O)n(C(C)C)c1=O. The number of aliphatic hydroxyl groups is 1. The number of aromatic nitrogens is 2. The van der Waals surface area contributed by atoms with Gasteiger partial charge in [0.1, 0.15) is 12.6 Å². The van der Waals surface area contributed by atoms with Gasteiger partial charge in [-0.1, -0.05) is 66.7 Å². The number of aliphatic hydroxyl groups excluding tert-OH is 1. The molecule has 0 radical (unpaired) electrons.